The van der Waals surface area contributed by atoms with E-state index in [0.29, 0.717) is 56.8 Å². The predicted octanol–water partition coefficient (Wildman–Crippen LogP) is 2.29. The number of carboxylic acid groups (broad SMARTS) is 1. The summed E-state index contributed by atoms with van der Waals surface area (Å²) < 4.78 is 16.3. The molecule has 6 heteroatoms. The molecule has 2 aliphatic carbocycles. The molecule has 4 fully saturated rings. The summed E-state index contributed by atoms with van der Waals surface area (Å²) >= 11 is 0. The molecule has 6 nitrogen and oxygen atoms in total. The number of aliphatic carboxylic acids is 1. The zero-order valence-corrected chi connectivity index (χ0v) is 13.9. The number of fused-ring (bicyclic) bond motifs is 2. The number of carbonyl (C=O) groups is 2. The van der Waals surface area contributed by atoms with E-state index in [-0.39, 0.29) is 18.2 Å². The summed E-state index contributed by atoms with van der Waals surface area (Å²) in [6, 6.07) is 0. The van der Waals surface area contributed by atoms with Crippen molar-refractivity contribution in [3.8, 4) is 0 Å². The molecule has 24 heavy (non-hydrogen) atoms. The smallest absolute Gasteiger partial charge is 0.309 e. The van der Waals surface area contributed by atoms with Gasteiger partial charge in [-0.1, -0.05) is 0 Å². The van der Waals surface area contributed by atoms with Crippen LogP contribution < -0.4 is 0 Å². The summed E-state index contributed by atoms with van der Waals surface area (Å²) in [5.74, 6) is -0.526. The van der Waals surface area contributed by atoms with Crippen molar-refractivity contribution >= 4 is 11.9 Å². The van der Waals surface area contributed by atoms with Crippen LogP contribution in [0.1, 0.15) is 57.8 Å². The fourth-order valence-corrected chi connectivity index (χ4v) is 4.54. The van der Waals surface area contributed by atoms with E-state index in [4.69, 9.17) is 14.2 Å². The van der Waals surface area contributed by atoms with Crippen molar-refractivity contribution in [3.63, 3.8) is 0 Å². The van der Waals surface area contributed by atoms with Crippen LogP contribution in [-0.4, -0.2) is 48.1 Å². The highest BCUT2D eigenvalue weighted by atomic mass is 16.6. The van der Waals surface area contributed by atoms with E-state index in [0.717, 1.165) is 25.7 Å². The van der Waals surface area contributed by atoms with E-state index in [9.17, 15) is 14.7 Å². The number of hydrogen-bond donors (Lipinski definition) is 1. The first-order valence-electron chi connectivity index (χ1n) is 9.26. The normalized spacial score (nSPS) is 42.6. The fourth-order valence-electron chi connectivity index (χ4n) is 4.54. The van der Waals surface area contributed by atoms with Crippen LogP contribution in [0.2, 0.25) is 0 Å². The lowest BCUT2D eigenvalue weighted by Gasteiger charge is -2.31. The Balaban J connectivity index is 1.17. The van der Waals surface area contributed by atoms with Gasteiger partial charge in [-0.3, -0.25) is 9.59 Å². The quantitative estimate of drug-likeness (QED) is 0.566. The van der Waals surface area contributed by atoms with Crippen LogP contribution in [0, 0.1) is 11.3 Å². The van der Waals surface area contributed by atoms with Crippen molar-refractivity contribution in [1.82, 2.24) is 0 Å². The monoisotopic (exact) mass is 338 g/mol. The maximum absolute atomic E-state index is 11.9. The van der Waals surface area contributed by atoms with Crippen molar-refractivity contribution in [3.05, 3.63) is 0 Å². The Morgan fingerprint density at radius 2 is 1.88 bits per heavy atom. The van der Waals surface area contributed by atoms with Crippen molar-refractivity contribution in [2.24, 2.45) is 11.3 Å². The third-order valence-corrected chi connectivity index (χ3v) is 6.27. The van der Waals surface area contributed by atoms with Crippen molar-refractivity contribution in [2.45, 2.75) is 82.2 Å². The van der Waals surface area contributed by atoms with E-state index >= 15 is 0 Å². The SMILES string of the molecule is O=C(CCCC1(C(=O)O)CCC2OC2C1)OCC1CCC2OC2C1. The Kier molecular flexibility index (Phi) is 4.29. The zero-order valence-electron chi connectivity index (χ0n) is 13.9. The maximum atomic E-state index is 11.9. The molecule has 1 N–H and O–H groups in total. The molecule has 4 aliphatic rings. The van der Waals surface area contributed by atoms with Crippen LogP contribution in [0.15, 0.2) is 0 Å². The second-order valence-electron chi connectivity index (χ2n) is 7.97. The average Bonchev–Trinajstić information content (AvgIpc) is 3.45. The molecule has 2 saturated carbocycles. The van der Waals surface area contributed by atoms with Gasteiger partial charge in [0.2, 0.25) is 0 Å². The van der Waals surface area contributed by atoms with Gasteiger partial charge < -0.3 is 19.3 Å². The van der Waals surface area contributed by atoms with Gasteiger partial charge in [-0.2, -0.15) is 0 Å². The van der Waals surface area contributed by atoms with Crippen LogP contribution >= 0.6 is 0 Å². The van der Waals surface area contributed by atoms with Gasteiger partial charge in [-0.15, -0.1) is 0 Å². The van der Waals surface area contributed by atoms with Crippen LogP contribution in [0.25, 0.3) is 0 Å². The molecule has 0 aromatic heterocycles. The summed E-state index contributed by atoms with van der Waals surface area (Å²) in [5, 5.41) is 9.61. The van der Waals surface area contributed by atoms with Gasteiger partial charge in [-0.05, 0) is 57.3 Å². The summed E-state index contributed by atoms with van der Waals surface area (Å²) in [7, 11) is 0. The van der Waals surface area contributed by atoms with E-state index in [1.807, 2.05) is 0 Å². The lowest BCUT2D eigenvalue weighted by molar-refractivity contribution is -0.152. The third kappa shape index (κ3) is 3.45. The number of esters is 1. The van der Waals surface area contributed by atoms with Gasteiger partial charge in [0, 0.05) is 6.42 Å². The Morgan fingerprint density at radius 1 is 1.08 bits per heavy atom. The number of carboxylic acids is 1. The van der Waals surface area contributed by atoms with Gasteiger partial charge in [0.1, 0.15) is 0 Å². The zero-order chi connectivity index (χ0) is 16.7. The topological polar surface area (TPSA) is 88.7 Å². The maximum Gasteiger partial charge on any atom is 0.309 e. The minimum absolute atomic E-state index is 0.126. The molecule has 2 saturated heterocycles. The number of epoxide rings is 2. The van der Waals surface area contributed by atoms with Crippen LogP contribution in [0.5, 0.6) is 0 Å². The minimum atomic E-state index is -0.744. The third-order valence-electron chi connectivity index (χ3n) is 6.27. The molecule has 2 heterocycles. The second kappa shape index (κ2) is 6.30. The Bertz CT molecular complexity index is 520. The number of carbonyl (C=O) groups excluding carboxylic acids is 1. The van der Waals surface area contributed by atoms with Gasteiger partial charge >= 0.3 is 11.9 Å². The largest absolute Gasteiger partial charge is 0.481 e. The Hall–Kier alpha value is -1.14. The molecule has 0 bridgehead atoms. The molecule has 0 aromatic rings. The van der Waals surface area contributed by atoms with Crippen molar-refractivity contribution in [1.29, 1.82) is 0 Å². The van der Waals surface area contributed by atoms with E-state index < -0.39 is 11.4 Å². The molecule has 4 rings (SSSR count). The van der Waals surface area contributed by atoms with E-state index in [1.54, 1.807) is 0 Å². The van der Waals surface area contributed by atoms with Crippen LogP contribution in [0.3, 0.4) is 0 Å². The van der Waals surface area contributed by atoms with Crippen LogP contribution in [-0.2, 0) is 23.8 Å². The Labute approximate surface area is 141 Å². The highest BCUT2D eigenvalue weighted by Crippen LogP contribution is 2.49. The molecular weight excluding hydrogens is 312 g/mol. The molecule has 0 spiro atoms. The lowest BCUT2D eigenvalue weighted by Crippen LogP contribution is -2.36. The summed E-state index contributed by atoms with van der Waals surface area (Å²) in [6.07, 6.45) is 7.91. The standard InChI is InChI=1S/C18H26O6/c19-16(22-10-11-3-4-12-14(8-11)23-12)2-1-6-18(17(20)21)7-5-13-15(9-18)24-13/h11-15H,1-10H2,(H,20,21). The van der Waals surface area contributed by atoms with Crippen LogP contribution in [0.4, 0.5) is 0 Å². The van der Waals surface area contributed by atoms with Gasteiger partial charge in [0.15, 0.2) is 0 Å². The molecule has 0 amide bonds. The molecular formula is C18H26O6. The van der Waals surface area contributed by atoms with Crippen molar-refractivity contribution < 1.29 is 28.9 Å². The number of ether oxygens (including phenoxy) is 3. The van der Waals surface area contributed by atoms with Crippen molar-refractivity contribution in [2.75, 3.05) is 6.61 Å². The Morgan fingerprint density at radius 3 is 2.62 bits per heavy atom. The van der Waals surface area contributed by atoms with Gasteiger partial charge in [0.25, 0.3) is 0 Å². The molecule has 0 radical (unpaired) electrons. The first-order valence-corrected chi connectivity index (χ1v) is 9.26. The molecule has 6 unspecified atom stereocenters. The number of rotatable bonds is 7. The molecule has 2 aliphatic heterocycles. The van der Waals surface area contributed by atoms with Gasteiger partial charge in [-0.25, -0.2) is 0 Å². The molecule has 6 atom stereocenters. The first kappa shape index (κ1) is 16.3. The highest BCUT2D eigenvalue weighted by molar-refractivity contribution is 5.75. The highest BCUT2D eigenvalue weighted by Gasteiger charge is 2.53. The lowest BCUT2D eigenvalue weighted by atomic mass is 9.71. The van der Waals surface area contributed by atoms with E-state index in [2.05, 4.69) is 0 Å². The summed E-state index contributed by atoms with van der Waals surface area (Å²) in [4.78, 5) is 23.6. The predicted molar refractivity (Wildman–Crippen MR) is 83.4 cm³/mol. The summed E-state index contributed by atoms with van der Waals surface area (Å²) in [5.41, 5.74) is -0.709. The molecule has 134 valence electrons. The first-order chi connectivity index (χ1) is 11.6. The average molecular weight is 338 g/mol. The fraction of sp³-hybridized carbons (Fsp3) is 0.889. The van der Waals surface area contributed by atoms with Gasteiger partial charge in [0.05, 0.1) is 36.4 Å². The summed E-state index contributed by atoms with van der Waals surface area (Å²) in [6.45, 7) is 0.479. The molecule has 0 aromatic carbocycles. The number of hydrogen-bond acceptors (Lipinski definition) is 5. The minimum Gasteiger partial charge on any atom is -0.481 e. The second-order valence-corrected chi connectivity index (χ2v) is 7.97. The van der Waals surface area contributed by atoms with E-state index in [1.165, 1.54) is 0 Å².